The maximum Gasteiger partial charge on any atom is 0.226 e. The fourth-order valence-electron chi connectivity index (χ4n) is 2.00. The number of nitrogens with zero attached hydrogens (tertiary/aromatic N) is 1. The number of thiazole rings is 1. The van der Waals surface area contributed by atoms with Gasteiger partial charge in [-0.2, -0.15) is 0 Å². The largest absolute Gasteiger partial charge is 0.494 e. The minimum absolute atomic E-state index is 0.0539. The maximum atomic E-state index is 11.9. The molecule has 2 heterocycles. The summed E-state index contributed by atoms with van der Waals surface area (Å²) in [4.78, 5) is 17.5. The van der Waals surface area contributed by atoms with Gasteiger partial charge in [0.1, 0.15) is 5.75 Å². The van der Waals surface area contributed by atoms with E-state index in [0.717, 1.165) is 16.3 Å². The molecule has 0 aliphatic heterocycles. The minimum Gasteiger partial charge on any atom is -0.494 e. The first kappa shape index (κ1) is 17.0. The van der Waals surface area contributed by atoms with Crippen LogP contribution in [0.15, 0.2) is 47.2 Å². The van der Waals surface area contributed by atoms with Crippen LogP contribution in [0.5, 0.6) is 5.75 Å². The summed E-state index contributed by atoms with van der Waals surface area (Å²) in [5.41, 5.74) is 0.899. The van der Waals surface area contributed by atoms with Crippen molar-refractivity contribution in [3.8, 4) is 16.3 Å². The lowest BCUT2D eigenvalue weighted by molar-refractivity contribution is -0.116. The van der Waals surface area contributed by atoms with Crippen LogP contribution in [0.25, 0.3) is 10.6 Å². The van der Waals surface area contributed by atoms with Crippen molar-refractivity contribution in [2.24, 2.45) is 0 Å². The van der Waals surface area contributed by atoms with Gasteiger partial charge in [0.05, 0.1) is 17.2 Å². The van der Waals surface area contributed by atoms with E-state index >= 15 is 0 Å². The normalized spacial score (nSPS) is 10.5. The second-order valence-corrected chi connectivity index (χ2v) is 7.21. The van der Waals surface area contributed by atoms with E-state index in [1.54, 1.807) is 23.5 Å². The Kier molecular flexibility index (Phi) is 5.85. The fourth-order valence-corrected chi connectivity index (χ4v) is 3.62. The number of thiophene rings is 1. The number of rotatable bonds is 7. The molecule has 3 rings (SSSR count). The zero-order chi connectivity index (χ0) is 16.8. The maximum absolute atomic E-state index is 11.9. The lowest BCUT2D eigenvalue weighted by atomic mass is 10.3. The molecule has 0 spiro atoms. The predicted molar refractivity (Wildman–Crippen MR) is 100 cm³/mol. The van der Waals surface area contributed by atoms with Crippen LogP contribution >= 0.6 is 34.3 Å². The second-order valence-electron chi connectivity index (χ2n) is 4.97. The van der Waals surface area contributed by atoms with Crippen molar-refractivity contribution < 1.29 is 9.53 Å². The molecule has 4 nitrogen and oxygen atoms in total. The van der Waals surface area contributed by atoms with Crippen LogP contribution in [-0.4, -0.2) is 17.5 Å². The van der Waals surface area contributed by atoms with Crippen molar-refractivity contribution in [2.45, 2.75) is 12.8 Å². The minimum atomic E-state index is -0.0539. The van der Waals surface area contributed by atoms with Gasteiger partial charge in [-0.25, -0.2) is 4.98 Å². The van der Waals surface area contributed by atoms with Gasteiger partial charge in [0.2, 0.25) is 5.91 Å². The molecule has 124 valence electrons. The number of carbonyl (C=O) groups excluding carboxylic acids is 1. The summed E-state index contributed by atoms with van der Waals surface area (Å²) in [7, 11) is 0. The van der Waals surface area contributed by atoms with E-state index in [-0.39, 0.29) is 5.91 Å². The van der Waals surface area contributed by atoms with E-state index in [1.807, 2.05) is 35.0 Å². The Morgan fingerprint density at radius 1 is 1.21 bits per heavy atom. The lowest BCUT2D eigenvalue weighted by Crippen LogP contribution is -2.12. The number of benzene rings is 1. The van der Waals surface area contributed by atoms with Gasteiger partial charge >= 0.3 is 0 Å². The third-order valence-electron chi connectivity index (χ3n) is 3.15. The van der Waals surface area contributed by atoms with Gasteiger partial charge < -0.3 is 10.1 Å². The molecule has 1 N–H and O–H groups in total. The zero-order valence-electron chi connectivity index (χ0n) is 12.7. The van der Waals surface area contributed by atoms with Crippen molar-refractivity contribution in [2.75, 3.05) is 11.9 Å². The number of anilines is 1. The van der Waals surface area contributed by atoms with E-state index < -0.39 is 0 Å². The summed E-state index contributed by atoms with van der Waals surface area (Å²) in [5, 5.41) is 8.09. The van der Waals surface area contributed by atoms with Crippen molar-refractivity contribution in [3.05, 3.63) is 52.2 Å². The Balaban J connectivity index is 1.40. The lowest BCUT2D eigenvalue weighted by Gasteiger charge is -2.06. The van der Waals surface area contributed by atoms with E-state index in [1.165, 1.54) is 11.3 Å². The Labute approximate surface area is 153 Å². The number of halogens is 1. The molecule has 24 heavy (non-hydrogen) atoms. The summed E-state index contributed by atoms with van der Waals surface area (Å²) in [6.45, 7) is 0.480. The fraction of sp³-hybridized carbons (Fsp3) is 0.176. The van der Waals surface area contributed by atoms with Crippen molar-refractivity contribution >= 4 is 45.3 Å². The molecule has 0 saturated carbocycles. The molecule has 7 heteroatoms. The molecular formula is C17H15ClN2O2S2. The van der Waals surface area contributed by atoms with Gasteiger partial charge in [-0.05, 0) is 42.1 Å². The number of hydrogen-bond acceptors (Lipinski definition) is 5. The third kappa shape index (κ3) is 4.80. The van der Waals surface area contributed by atoms with Crippen molar-refractivity contribution in [1.29, 1.82) is 0 Å². The first-order valence-electron chi connectivity index (χ1n) is 7.38. The number of aromatic nitrogens is 1. The first-order chi connectivity index (χ1) is 11.7. The smallest absolute Gasteiger partial charge is 0.226 e. The molecule has 0 bridgehead atoms. The number of carbonyl (C=O) groups is 1. The molecule has 2 aromatic heterocycles. The Bertz CT molecular complexity index is 785. The van der Waals surface area contributed by atoms with Gasteiger partial charge in [-0.3, -0.25) is 4.79 Å². The van der Waals surface area contributed by atoms with Gasteiger partial charge in [0.15, 0.2) is 5.13 Å². The third-order valence-corrected chi connectivity index (χ3v) is 5.06. The molecular weight excluding hydrogens is 364 g/mol. The molecule has 0 unspecified atom stereocenters. The van der Waals surface area contributed by atoms with Crippen molar-refractivity contribution in [3.63, 3.8) is 0 Å². The van der Waals surface area contributed by atoms with Gasteiger partial charge in [0.25, 0.3) is 0 Å². The predicted octanol–water partition coefficient (Wildman–Crippen LogP) is 5.32. The van der Waals surface area contributed by atoms with Crippen molar-refractivity contribution in [1.82, 2.24) is 4.98 Å². The van der Waals surface area contributed by atoms with Crippen LogP contribution in [0.1, 0.15) is 12.8 Å². The van der Waals surface area contributed by atoms with Gasteiger partial charge in [-0.1, -0.05) is 17.7 Å². The summed E-state index contributed by atoms with van der Waals surface area (Å²) >= 11 is 8.88. The second kappa shape index (κ2) is 8.28. The van der Waals surface area contributed by atoms with E-state index in [9.17, 15) is 4.79 Å². The van der Waals surface area contributed by atoms with Crippen LogP contribution in [0.2, 0.25) is 5.02 Å². The molecule has 0 atom stereocenters. The van der Waals surface area contributed by atoms with E-state index in [2.05, 4.69) is 10.3 Å². The molecule has 1 aromatic carbocycles. The highest BCUT2D eigenvalue weighted by Gasteiger charge is 2.08. The molecule has 0 aliphatic rings. The molecule has 0 fully saturated rings. The van der Waals surface area contributed by atoms with Gasteiger partial charge in [-0.15, -0.1) is 22.7 Å². The molecule has 1 amide bonds. The van der Waals surface area contributed by atoms with Crippen LogP contribution < -0.4 is 10.1 Å². The molecule has 3 aromatic rings. The van der Waals surface area contributed by atoms with Crippen LogP contribution in [0.4, 0.5) is 5.13 Å². The summed E-state index contributed by atoms with van der Waals surface area (Å²) in [6, 6.07) is 11.2. The topological polar surface area (TPSA) is 51.2 Å². The monoisotopic (exact) mass is 378 g/mol. The highest BCUT2D eigenvalue weighted by Crippen LogP contribution is 2.28. The Morgan fingerprint density at radius 2 is 2.04 bits per heavy atom. The quantitative estimate of drug-likeness (QED) is 0.566. The van der Waals surface area contributed by atoms with Crippen LogP contribution in [0.3, 0.4) is 0 Å². The zero-order valence-corrected chi connectivity index (χ0v) is 15.1. The van der Waals surface area contributed by atoms with Gasteiger partial charge in [0, 0.05) is 16.8 Å². The Morgan fingerprint density at radius 3 is 2.79 bits per heavy atom. The van der Waals surface area contributed by atoms with Crippen LogP contribution in [0, 0.1) is 0 Å². The number of nitrogens with one attached hydrogen (secondary N) is 1. The molecule has 0 radical (unpaired) electrons. The first-order valence-corrected chi connectivity index (χ1v) is 9.52. The number of amides is 1. The molecule has 0 saturated heterocycles. The van der Waals surface area contributed by atoms with E-state index in [4.69, 9.17) is 16.3 Å². The number of ether oxygens (including phenoxy) is 1. The Hall–Kier alpha value is -1.89. The van der Waals surface area contributed by atoms with E-state index in [0.29, 0.717) is 29.6 Å². The molecule has 0 aliphatic carbocycles. The standard InChI is InChI=1S/C17H15ClN2O2S2/c18-12-5-7-13(8-6-12)22-9-1-4-16(21)20-17-19-14(11-24-17)15-3-2-10-23-15/h2-3,5-8,10-11H,1,4,9H2,(H,19,20,21). The summed E-state index contributed by atoms with van der Waals surface area (Å²) in [5.74, 6) is 0.696. The summed E-state index contributed by atoms with van der Waals surface area (Å²) in [6.07, 6.45) is 1.03. The average Bonchev–Trinajstić information content (AvgIpc) is 3.24. The number of hydrogen-bond donors (Lipinski definition) is 1. The summed E-state index contributed by atoms with van der Waals surface area (Å²) < 4.78 is 5.56. The SMILES string of the molecule is O=C(CCCOc1ccc(Cl)cc1)Nc1nc(-c2cccs2)cs1. The highest BCUT2D eigenvalue weighted by molar-refractivity contribution is 7.16. The highest BCUT2D eigenvalue weighted by atomic mass is 35.5. The average molecular weight is 379 g/mol. The van der Waals surface area contributed by atoms with Crippen LogP contribution in [-0.2, 0) is 4.79 Å².